The minimum Gasteiger partial charge on any atom is -0.282 e. The van der Waals surface area contributed by atoms with E-state index in [1.807, 2.05) is 43.3 Å². The van der Waals surface area contributed by atoms with Gasteiger partial charge in [-0.05, 0) is 131 Å². The van der Waals surface area contributed by atoms with Crippen LogP contribution in [0.4, 0.5) is 17.1 Å². The Labute approximate surface area is 494 Å². The van der Waals surface area contributed by atoms with Gasteiger partial charge in [0.2, 0.25) is 0 Å². The summed E-state index contributed by atoms with van der Waals surface area (Å²) in [4.78, 5) is 116. The van der Waals surface area contributed by atoms with Crippen molar-refractivity contribution >= 4 is 107 Å². The molecule has 20 heteroatoms. The summed E-state index contributed by atoms with van der Waals surface area (Å²) < 4.78 is 62.2. The lowest BCUT2D eigenvalue weighted by atomic mass is 9.67. The van der Waals surface area contributed by atoms with Gasteiger partial charge in [-0.15, -0.1) is 12.6 Å². The number of rotatable bonds is 7. The van der Waals surface area contributed by atoms with Gasteiger partial charge >= 0.3 is 10.6 Å². The summed E-state index contributed by atoms with van der Waals surface area (Å²) in [7, 11) is -6.86. The van der Waals surface area contributed by atoms with E-state index in [9.17, 15) is 51.3 Å². The molecule has 1 N–H and O–H groups in total. The van der Waals surface area contributed by atoms with Crippen molar-refractivity contribution in [2.75, 3.05) is 21.7 Å². The highest BCUT2D eigenvalue weighted by Gasteiger charge is 2.47. The second-order valence-corrected chi connectivity index (χ2v) is 23.1. The number of nitrogens with zero attached hydrogens (tertiary/aromatic N) is 4. The lowest BCUT2D eigenvalue weighted by Gasteiger charge is -2.35. The molecule has 0 saturated heterocycles. The molecule has 5 aliphatic rings. The summed E-state index contributed by atoms with van der Waals surface area (Å²) in [5.41, 5.74) is 7.78. The summed E-state index contributed by atoms with van der Waals surface area (Å²) in [6.45, 7) is 2.05. The molecule has 1 aliphatic carbocycles. The van der Waals surface area contributed by atoms with Gasteiger partial charge < -0.3 is 0 Å². The molecule has 8 amide bonds. The zero-order chi connectivity index (χ0) is 60.9. The van der Waals surface area contributed by atoms with Crippen LogP contribution >= 0.6 is 0 Å². The fourth-order valence-electron chi connectivity index (χ4n) is 13.2. The van der Waals surface area contributed by atoms with Gasteiger partial charge in [0.25, 0.3) is 57.4 Å². The number of aryl methyl sites for hydroxylation is 1. The maximum atomic E-state index is 14.7. The third-order valence-corrected chi connectivity index (χ3v) is 17.8. The summed E-state index contributed by atoms with van der Waals surface area (Å²) in [5.74, 6) is -5.72. The number of anilines is 3. The number of fused-ring (bicyclic) bond motifs is 3. The molecule has 0 spiro atoms. The van der Waals surface area contributed by atoms with Crippen molar-refractivity contribution in [3.63, 3.8) is 0 Å². The molecule has 10 aromatic carbocycles. The Morgan fingerprint density at radius 3 is 1.03 bits per heavy atom. The van der Waals surface area contributed by atoms with E-state index in [1.54, 1.807) is 12.1 Å². The molecule has 0 aromatic heterocycles. The highest BCUT2D eigenvalue weighted by molar-refractivity contribution is 7.86. The Bertz CT molecular complexity index is 4990. The number of benzene rings is 10. The molecule has 0 atom stereocenters. The molecule has 10 aromatic rings. The Morgan fingerprint density at radius 1 is 0.368 bits per heavy atom. The van der Waals surface area contributed by atoms with E-state index in [0.717, 1.165) is 64.6 Å². The fourth-order valence-corrected chi connectivity index (χ4v) is 13.9. The van der Waals surface area contributed by atoms with Crippen LogP contribution in [0.1, 0.15) is 111 Å². The van der Waals surface area contributed by atoms with Crippen molar-refractivity contribution < 1.29 is 64.0 Å². The molecule has 422 valence electrons. The topological polar surface area (TPSA) is 255 Å². The van der Waals surface area contributed by atoms with Gasteiger partial charge in [0.15, 0.2) is 0 Å². The lowest BCUT2D eigenvalue weighted by molar-refractivity contribution is 0.0647. The van der Waals surface area contributed by atoms with Gasteiger partial charge in [-0.1, -0.05) is 109 Å². The van der Waals surface area contributed by atoms with E-state index < -0.39 is 78.3 Å². The Morgan fingerprint density at radius 2 is 0.667 bits per heavy atom. The summed E-state index contributed by atoms with van der Waals surface area (Å²) in [6, 6.07) is 53.2. The van der Waals surface area contributed by atoms with Gasteiger partial charge in [-0.2, -0.15) is 8.42 Å². The van der Waals surface area contributed by atoms with Gasteiger partial charge in [0.1, 0.15) is 4.90 Å². The van der Waals surface area contributed by atoms with Crippen molar-refractivity contribution in [1.82, 2.24) is 4.90 Å². The van der Waals surface area contributed by atoms with Crippen molar-refractivity contribution in [3.8, 4) is 22.3 Å². The molecule has 0 saturated carbocycles. The molecular weight excluding hydrogens is 1150 g/mol. The highest BCUT2D eigenvalue weighted by atomic mass is 32.2. The quantitative estimate of drug-likeness (QED) is 0.115. The normalized spacial score (nSPS) is 15.3. The number of hydrogen-bond acceptors (Lipinski definition) is 13. The second-order valence-electron chi connectivity index (χ2n) is 21.3. The zero-order valence-electron chi connectivity index (χ0n) is 45.3. The third-order valence-electron chi connectivity index (χ3n) is 16.9. The van der Waals surface area contributed by atoms with E-state index in [0.29, 0.717) is 5.69 Å². The fraction of sp³-hybridized carbons (Fsp3) is 0.0448. The number of amides is 8. The predicted octanol–water partition coefficient (Wildman–Crippen LogP) is 10.2. The van der Waals surface area contributed by atoms with Gasteiger partial charge in [-0.25, -0.2) is 14.7 Å². The van der Waals surface area contributed by atoms with Gasteiger partial charge in [0, 0.05) is 78.7 Å². The first-order chi connectivity index (χ1) is 41.7. The molecule has 0 fully saturated rings. The van der Waals surface area contributed by atoms with Gasteiger partial charge in [-0.3, -0.25) is 47.8 Å². The molecule has 0 unspecified atom stereocenters. The molecule has 0 bridgehead atoms. The van der Waals surface area contributed by atoms with Crippen LogP contribution in [0, 0.1) is 6.92 Å². The first-order valence-electron chi connectivity index (χ1n) is 26.8. The number of imide groups is 4. The molecule has 4 aliphatic heterocycles. The van der Waals surface area contributed by atoms with Crippen molar-refractivity contribution in [2.24, 2.45) is 0 Å². The van der Waals surface area contributed by atoms with Crippen LogP contribution in [0.3, 0.4) is 0 Å². The van der Waals surface area contributed by atoms with Crippen LogP contribution in [0.25, 0.3) is 43.8 Å². The first-order valence-corrected chi connectivity index (χ1v) is 29.2. The largest absolute Gasteiger partial charge is 0.425 e. The predicted molar refractivity (Wildman–Crippen MR) is 318 cm³/mol. The van der Waals surface area contributed by atoms with Crippen LogP contribution in [-0.4, -0.2) is 84.8 Å². The summed E-state index contributed by atoms with van der Waals surface area (Å²) in [6.07, 6.45) is 0. The Balaban J connectivity index is 0.00000162. The van der Waals surface area contributed by atoms with E-state index in [1.165, 1.54) is 92.0 Å². The number of carbonyl (C=O) groups is 8. The average molecular weight is 1190 g/mol. The van der Waals surface area contributed by atoms with E-state index >= 15 is 0 Å². The monoisotopic (exact) mass is 1190 g/mol. The molecule has 18 nitrogen and oxygen atoms in total. The standard InChI is InChI=1S/C67H38N4O11S.O3S/c1-34-11-15-36(16-12-34)67(52-9-5-3-7-42(52)43-8-4-6-10-53(43)67)37-17-21-39(22-18-37)70-63(76)48-31-29-46-57-47(30-32-49(58(48)57)64(70)77)62(75)69(61(46)74)38-19-13-35(14-20-38)41-24-23-40(33-54(41)83(80,81)82)71-65(78)50-27-25-44-55-45(60(73)68(2)59(44)72)26-28-51(56(50)55)66(71)79;1-4(2)3/h3-33H,1-2H3,(H,80,81,82);. The molecular formula is C67H38N4O14S2. The Kier molecular flexibility index (Phi) is 11.9. The van der Waals surface area contributed by atoms with E-state index in [2.05, 4.69) is 48.5 Å². The van der Waals surface area contributed by atoms with Crippen LogP contribution in [0.2, 0.25) is 0 Å². The first kappa shape index (κ1) is 53.8. The van der Waals surface area contributed by atoms with E-state index in [4.69, 9.17) is 12.6 Å². The third kappa shape index (κ3) is 7.64. The molecule has 87 heavy (non-hydrogen) atoms. The maximum Gasteiger partial charge on any atom is 0.425 e. The number of carbonyl (C=O) groups excluding carboxylic acids is 8. The zero-order valence-corrected chi connectivity index (χ0v) is 46.9. The lowest BCUT2D eigenvalue weighted by Crippen LogP contribution is -2.43. The molecule has 0 radical (unpaired) electrons. The second kappa shape index (κ2) is 19.2. The van der Waals surface area contributed by atoms with Crippen LogP contribution < -0.4 is 14.7 Å². The average Bonchev–Trinajstić information content (AvgIpc) is 1.22. The smallest absolute Gasteiger partial charge is 0.282 e. The van der Waals surface area contributed by atoms with Crippen LogP contribution in [0.5, 0.6) is 0 Å². The highest BCUT2D eigenvalue weighted by Crippen LogP contribution is 2.56. The molecule has 15 rings (SSSR count). The number of hydrogen-bond donors (Lipinski definition) is 1. The van der Waals surface area contributed by atoms with Crippen LogP contribution in [0.15, 0.2) is 193 Å². The summed E-state index contributed by atoms with van der Waals surface area (Å²) >= 11 is 0. The Hall–Kier alpha value is -11.2. The minimum atomic E-state index is -5.07. The van der Waals surface area contributed by atoms with Gasteiger partial charge in [0.05, 0.1) is 22.5 Å². The van der Waals surface area contributed by atoms with Crippen molar-refractivity contribution in [3.05, 3.63) is 260 Å². The molecule has 4 heterocycles. The van der Waals surface area contributed by atoms with E-state index in [-0.39, 0.29) is 88.6 Å². The minimum absolute atomic E-state index is 0.0140. The van der Waals surface area contributed by atoms with Crippen molar-refractivity contribution in [2.45, 2.75) is 17.2 Å². The SMILES string of the molecule is Cc1ccc(C2(c3ccc(N4C(=O)c5ccc6c7c(ccc(c57)C4=O)C(=O)N(c4ccc(-c5ccc(N7C(=O)c8ccc9c%10c(ccc(c8%10)C7=O)C(=O)N(C)C9=O)cc5S(=O)(=O)O)cc4)C6=O)cc3)c3ccccc3-c3ccccc32)cc1.O=S(=O)=O. The van der Waals surface area contributed by atoms with Crippen molar-refractivity contribution in [1.29, 1.82) is 0 Å². The summed E-state index contributed by atoms with van der Waals surface area (Å²) in [5, 5.41) is 0.608. The maximum absolute atomic E-state index is 14.7. The van der Waals surface area contributed by atoms with Crippen LogP contribution in [-0.2, 0) is 26.1 Å².